The van der Waals surface area contributed by atoms with Crippen molar-refractivity contribution in [2.45, 2.75) is 47.5 Å². The Hall–Kier alpha value is -3.00. The van der Waals surface area contributed by atoms with Gasteiger partial charge in [-0.05, 0) is 55.9 Å². The molecule has 29 heavy (non-hydrogen) atoms. The summed E-state index contributed by atoms with van der Waals surface area (Å²) in [7, 11) is 0. The van der Waals surface area contributed by atoms with Gasteiger partial charge < -0.3 is 0 Å². The summed E-state index contributed by atoms with van der Waals surface area (Å²) in [6.07, 6.45) is 5.83. The van der Waals surface area contributed by atoms with Gasteiger partial charge in [-0.1, -0.05) is 79.6 Å². The van der Waals surface area contributed by atoms with Crippen LogP contribution in [0.2, 0.25) is 0 Å². The van der Waals surface area contributed by atoms with Crippen LogP contribution in [0.5, 0.6) is 0 Å². The molecule has 0 radical (unpaired) electrons. The van der Waals surface area contributed by atoms with E-state index in [0.717, 1.165) is 40.9 Å². The molecular weight excluding hydrogens is 352 g/mol. The van der Waals surface area contributed by atoms with E-state index in [2.05, 4.69) is 89.2 Å². The van der Waals surface area contributed by atoms with E-state index in [1.54, 1.807) is 0 Å². The second kappa shape index (κ2) is 9.47. The van der Waals surface area contributed by atoms with Crippen LogP contribution < -0.4 is 0 Å². The summed E-state index contributed by atoms with van der Waals surface area (Å²) in [6, 6.07) is 19.2. The molecule has 0 heterocycles. The Labute approximate surface area is 175 Å². The Bertz CT molecular complexity index is 942. The smallest absolute Gasteiger partial charge is 0.0712 e. The third kappa shape index (κ3) is 5.08. The Balaban J connectivity index is 2.02. The maximum Gasteiger partial charge on any atom is 0.0712 e. The first kappa shape index (κ1) is 20.7. The van der Waals surface area contributed by atoms with Crippen LogP contribution in [-0.4, -0.2) is 12.4 Å². The first-order chi connectivity index (χ1) is 14.0. The zero-order valence-corrected chi connectivity index (χ0v) is 18.2. The molecule has 3 aromatic rings. The molecule has 0 saturated heterocycles. The van der Waals surface area contributed by atoms with Gasteiger partial charge in [0.15, 0.2) is 0 Å². The van der Waals surface area contributed by atoms with Crippen LogP contribution in [0.4, 0.5) is 11.4 Å². The highest BCUT2D eigenvalue weighted by Crippen LogP contribution is 2.36. The molecule has 0 aliphatic rings. The largest absolute Gasteiger partial charge is 0.256 e. The van der Waals surface area contributed by atoms with E-state index in [4.69, 9.17) is 9.98 Å². The molecule has 2 nitrogen and oxygen atoms in total. The topological polar surface area (TPSA) is 24.7 Å². The van der Waals surface area contributed by atoms with Crippen molar-refractivity contribution in [1.82, 2.24) is 0 Å². The van der Waals surface area contributed by atoms with E-state index in [1.165, 1.54) is 22.3 Å². The standard InChI is InChI=1S/C27H30N2/c1-6-24-16-25(7-2)27(29-18-23-14-10-20(4)11-15-23)21(5)26(24)28-17-22-12-8-19(3)9-13-22/h8-18H,6-7H2,1-5H3/b28-17+,29-18+. The maximum atomic E-state index is 4.88. The molecule has 0 aliphatic carbocycles. The number of rotatable bonds is 6. The minimum Gasteiger partial charge on any atom is -0.256 e. The summed E-state index contributed by atoms with van der Waals surface area (Å²) in [5.74, 6) is 0. The Morgan fingerprint density at radius 3 is 1.34 bits per heavy atom. The number of aryl methyl sites for hydroxylation is 4. The number of nitrogens with zero attached hydrogens (tertiary/aromatic N) is 2. The Kier molecular flexibility index (Phi) is 6.77. The van der Waals surface area contributed by atoms with Gasteiger partial charge in [-0.3, -0.25) is 9.98 Å². The molecule has 148 valence electrons. The van der Waals surface area contributed by atoms with E-state index in [0.29, 0.717) is 0 Å². The van der Waals surface area contributed by atoms with Crippen molar-refractivity contribution in [3.63, 3.8) is 0 Å². The summed E-state index contributed by atoms with van der Waals surface area (Å²) < 4.78 is 0. The van der Waals surface area contributed by atoms with Gasteiger partial charge in [0.05, 0.1) is 11.4 Å². The lowest BCUT2D eigenvalue weighted by molar-refractivity contribution is 1.07. The predicted molar refractivity (Wildman–Crippen MR) is 127 cm³/mol. The molecule has 0 saturated carbocycles. The highest BCUT2D eigenvalue weighted by atomic mass is 14.8. The Morgan fingerprint density at radius 2 is 1.00 bits per heavy atom. The van der Waals surface area contributed by atoms with Crippen molar-refractivity contribution in [3.05, 3.63) is 93.5 Å². The van der Waals surface area contributed by atoms with Crippen molar-refractivity contribution < 1.29 is 0 Å². The molecule has 0 atom stereocenters. The molecule has 3 aromatic carbocycles. The quantitative estimate of drug-likeness (QED) is 0.401. The first-order valence-corrected chi connectivity index (χ1v) is 10.4. The fourth-order valence-corrected chi connectivity index (χ4v) is 3.42. The van der Waals surface area contributed by atoms with Crippen LogP contribution in [-0.2, 0) is 12.8 Å². The van der Waals surface area contributed by atoms with Gasteiger partial charge in [-0.25, -0.2) is 0 Å². The third-order valence-electron chi connectivity index (χ3n) is 5.27. The molecule has 0 unspecified atom stereocenters. The molecule has 0 fully saturated rings. The molecule has 0 bridgehead atoms. The second-order valence-electron chi connectivity index (χ2n) is 7.56. The van der Waals surface area contributed by atoms with Crippen LogP contribution in [0.3, 0.4) is 0 Å². The van der Waals surface area contributed by atoms with Crippen molar-refractivity contribution >= 4 is 23.8 Å². The SMILES string of the molecule is CCc1cc(CC)c(/N=C/c2ccc(C)cc2)c(C)c1/N=C/c1ccc(C)cc1. The zero-order valence-electron chi connectivity index (χ0n) is 18.2. The van der Waals surface area contributed by atoms with Crippen molar-refractivity contribution in [2.75, 3.05) is 0 Å². The van der Waals surface area contributed by atoms with E-state index in [1.807, 2.05) is 12.4 Å². The summed E-state index contributed by atoms with van der Waals surface area (Å²) in [5, 5.41) is 0. The zero-order chi connectivity index (χ0) is 20.8. The number of hydrogen-bond acceptors (Lipinski definition) is 2. The highest BCUT2D eigenvalue weighted by molar-refractivity contribution is 5.86. The van der Waals surface area contributed by atoms with E-state index >= 15 is 0 Å². The van der Waals surface area contributed by atoms with Crippen molar-refractivity contribution in [3.8, 4) is 0 Å². The minimum atomic E-state index is 0.955. The van der Waals surface area contributed by atoms with Gasteiger partial charge in [0.2, 0.25) is 0 Å². The molecule has 0 aromatic heterocycles. The highest BCUT2D eigenvalue weighted by Gasteiger charge is 2.12. The van der Waals surface area contributed by atoms with Gasteiger partial charge in [-0.2, -0.15) is 0 Å². The van der Waals surface area contributed by atoms with Crippen molar-refractivity contribution in [2.24, 2.45) is 9.98 Å². The lowest BCUT2D eigenvalue weighted by Gasteiger charge is -2.14. The molecule has 0 N–H and O–H groups in total. The lowest BCUT2D eigenvalue weighted by Crippen LogP contribution is -1.94. The molecule has 0 amide bonds. The number of aliphatic imine (C=N–C) groups is 2. The van der Waals surface area contributed by atoms with Crippen LogP contribution in [0, 0.1) is 20.8 Å². The summed E-state index contributed by atoms with van der Waals surface area (Å²) in [6.45, 7) is 10.7. The molecule has 3 rings (SSSR count). The van der Waals surface area contributed by atoms with Gasteiger partial charge in [-0.15, -0.1) is 0 Å². The van der Waals surface area contributed by atoms with Crippen molar-refractivity contribution in [1.29, 1.82) is 0 Å². The maximum absolute atomic E-state index is 4.88. The second-order valence-corrected chi connectivity index (χ2v) is 7.56. The monoisotopic (exact) mass is 382 g/mol. The van der Waals surface area contributed by atoms with Gasteiger partial charge in [0.1, 0.15) is 0 Å². The summed E-state index contributed by atoms with van der Waals surface area (Å²) >= 11 is 0. The molecular formula is C27H30N2. The Morgan fingerprint density at radius 1 is 0.621 bits per heavy atom. The normalized spacial score (nSPS) is 11.6. The minimum absolute atomic E-state index is 0.955. The number of benzene rings is 3. The fraction of sp³-hybridized carbons (Fsp3) is 0.259. The fourth-order valence-electron chi connectivity index (χ4n) is 3.42. The van der Waals surface area contributed by atoms with Crippen LogP contribution in [0.25, 0.3) is 0 Å². The lowest BCUT2D eigenvalue weighted by atomic mass is 9.97. The van der Waals surface area contributed by atoms with Gasteiger partial charge in [0, 0.05) is 18.0 Å². The van der Waals surface area contributed by atoms with E-state index in [9.17, 15) is 0 Å². The molecule has 0 aliphatic heterocycles. The number of hydrogen-bond donors (Lipinski definition) is 0. The van der Waals surface area contributed by atoms with E-state index in [-0.39, 0.29) is 0 Å². The third-order valence-corrected chi connectivity index (χ3v) is 5.27. The van der Waals surface area contributed by atoms with Crippen LogP contribution in [0.15, 0.2) is 64.6 Å². The van der Waals surface area contributed by atoms with Crippen LogP contribution in [0.1, 0.15) is 52.8 Å². The average Bonchev–Trinajstić information content (AvgIpc) is 2.73. The van der Waals surface area contributed by atoms with E-state index < -0.39 is 0 Å². The van der Waals surface area contributed by atoms with Gasteiger partial charge in [0.25, 0.3) is 0 Å². The molecule has 0 spiro atoms. The van der Waals surface area contributed by atoms with Gasteiger partial charge >= 0.3 is 0 Å². The average molecular weight is 383 g/mol. The molecule has 2 heteroatoms. The summed E-state index contributed by atoms with van der Waals surface area (Å²) in [5.41, 5.74) is 10.5. The first-order valence-electron chi connectivity index (χ1n) is 10.4. The summed E-state index contributed by atoms with van der Waals surface area (Å²) in [4.78, 5) is 9.76. The predicted octanol–water partition coefficient (Wildman–Crippen LogP) is 7.24. The van der Waals surface area contributed by atoms with Crippen LogP contribution >= 0.6 is 0 Å².